The minimum absolute atomic E-state index is 0.0560. The fourth-order valence-electron chi connectivity index (χ4n) is 3.62. The predicted octanol–water partition coefficient (Wildman–Crippen LogP) is 4.56. The van der Waals surface area contributed by atoms with Crippen molar-refractivity contribution in [1.82, 2.24) is 4.98 Å². The summed E-state index contributed by atoms with van der Waals surface area (Å²) in [4.78, 5) is 19.7. The highest BCUT2D eigenvalue weighted by molar-refractivity contribution is 7.16. The number of carbonyl (C=O) groups is 1. The van der Waals surface area contributed by atoms with Gasteiger partial charge in [-0.1, -0.05) is 36.4 Å². The molecule has 0 spiro atoms. The van der Waals surface area contributed by atoms with E-state index in [1.807, 2.05) is 54.3 Å². The van der Waals surface area contributed by atoms with E-state index >= 15 is 0 Å². The smallest absolute Gasteiger partial charge is 0.258 e. The van der Waals surface area contributed by atoms with Crippen LogP contribution in [0.3, 0.4) is 0 Å². The molecular weight excluding hydrogens is 354 g/mol. The van der Waals surface area contributed by atoms with Crippen molar-refractivity contribution in [3.63, 3.8) is 0 Å². The molecule has 0 unspecified atom stereocenters. The Morgan fingerprint density at radius 1 is 1.15 bits per heavy atom. The number of hydrogen-bond acceptors (Lipinski definition) is 4. The van der Waals surface area contributed by atoms with Crippen LogP contribution in [0.25, 0.3) is 11.1 Å². The summed E-state index contributed by atoms with van der Waals surface area (Å²) in [5.74, 6) is 0.0560. The van der Waals surface area contributed by atoms with Crippen LogP contribution >= 0.6 is 11.3 Å². The average Bonchev–Trinajstić information content (AvgIpc) is 2.96. The van der Waals surface area contributed by atoms with Crippen molar-refractivity contribution >= 4 is 22.2 Å². The Bertz CT molecular complexity index is 962. The number of thiazole rings is 1. The monoisotopic (exact) mass is 377 g/mol. The number of fused-ring (bicyclic) bond motifs is 1. The second-order valence-corrected chi connectivity index (χ2v) is 8.02. The van der Waals surface area contributed by atoms with Gasteiger partial charge in [0.2, 0.25) is 0 Å². The van der Waals surface area contributed by atoms with E-state index < -0.39 is 0 Å². The zero-order valence-corrected chi connectivity index (χ0v) is 16.3. The molecule has 0 saturated carbocycles. The number of nitrogens with two attached hydrogens (primary N) is 1. The number of hydrogen-bond donors (Lipinski definition) is 1. The molecule has 2 heterocycles. The van der Waals surface area contributed by atoms with Gasteiger partial charge in [0.15, 0.2) is 0 Å². The Labute approximate surface area is 163 Å². The number of benzene rings is 2. The molecule has 1 amide bonds. The summed E-state index contributed by atoms with van der Waals surface area (Å²) >= 11 is 1.62. The Kier molecular flexibility index (Phi) is 5.05. The first-order chi connectivity index (χ1) is 13.2. The first-order valence-corrected chi connectivity index (χ1v) is 10.2. The zero-order chi connectivity index (χ0) is 18.8. The van der Waals surface area contributed by atoms with Crippen molar-refractivity contribution in [3.05, 3.63) is 70.4 Å². The fourth-order valence-corrected chi connectivity index (χ4v) is 4.60. The van der Waals surface area contributed by atoms with E-state index in [0.717, 1.165) is 58.2 Å². The van der Waals surface area contributed by atoms with E-state index in [1.165, 1.54) is 0 Å². The van der Waals surface area contributed by atoms with E-state index in [2.05, 4.69) is 11.1 Å². The van der Waals surface area contributed by atoms with Gasteiger partial charge in [0, 0.05) is 18.7 Å². The zero-order valence-electron chi connectivity index (χ0n) is 15.4. The van der Waals surface area contributed by atoms with Gasteiger partial charge in [0.05, 0.1) is 10.7 Å². The van der Waals surface area contributed by atoms with Crippen molar-refractivity contribution in [3.8, 4) is 11.1 Å². The van der Waals surface area contributed by atoms with Gasteiger partial charge in [-0.3, -0.25) is 9.69 Å². The summed E-state index contributed by atoms with van der Waals surface area (Å²) < 4.78 is 0. The molecule has 138 valence electrons. The third-order valence-electron chi connectivity index (χ3n) is 5.00. The summed E-state index contributed by atoms with van der Waals surface area (Å²) in [7, 11) is 0. The maximum absolute atomic E-state index is 13.2. The van der Waals surface area contributed by atoms with Crippen molar-refractivity contribution in [2.45, 2.75) is 32.7 Å². The van der Waals surface area contributed by atoms with Crippen molar-refractivity contribution < 1.29 is 4.79 Å². The van der Waals surface area contributed by atoms with E-state index in [1.54, 1.807) is 11.3 Å². The number of aromatic nitrogens is 1. The van der Waals surface area contributed by atoms with Crippen molar-refractivity contribution in [2.75, 3.05) is 11.4 Å². The highest BCUT2D eigenvalue weighted by Crippen LogP contribution is 2.33. The largest absolute Gasteiger partial charge is 0.326 e. The lowest BCUT2D eigenvalue weighted by atomic mass is 9.98. The third-order valence-corrected chi connectivity index (χ3v) is 6.04. The first kappa shape index (κ1) is 17.9. The Morgan fingerprint density at radius 2 is 1.93 bits per heavy atom. The third kappa shape index (κ3) is 3.53. The second kappa shape index (κ2) is 7.62. The van der Waals surface area contributed by atoms with E-state index in [0.29, 0.717) is 12.1 Å². The quantitative estimate of drug-likeness (QED) is 0.728. The molecule has 4 rings (SSSR count). The topological polar surface area (TPSA) is 59.2 Å². The molecule has 3 aromatic rings. The maximum Gasteiger partial charge on any atom is 0.258 e. The lowest BCUT2D eigenvalue weighted by Crippen LogP contribution is -2.31. The SMILES string of the molecule is Cc1nc2c(s1)N(C(=O)c1ccc(-c3ccccc3CN)cc1)CCCC2. The van der Waals surface area contributed by atoms with Crippen LogP contribution < -0.4 is 10.6 Å². The molecule has 5 heteroatoms. The highest BCUT2D eigenvalue weighted by Gasteiger charge is 2.25. The van der Waals surface area contributed by atoms with Crippen LogP contribution in [0.4, 0.5) is 5.00 Å². The normalized spacial score (nSPS) is 13.9. The van der Waals surface area contributed by atoms with Gasteiger partial charge < -0.3 is 5.73 Å². The number of nitrogens with zero attached hydrogens (tertiary/aromatic N) is 2. The summed E-state index contributed by atoms with van der Waals surface area (Å²) in [5, 5.41) is 2.04. The van der Waals surface area contributed by atoms with Gasteiger partial charge >= 0.3 is 0 Å². The lowest BCUT2D eigenvalue weighted by molar-refractivity contribution is 0.0987. The van der Waals surface area contributed by atoms with Gasteiger partial charge in [-0.25, -0.2) is 4.98 Å². The molecule has 0 aliphatic carbocycles. The molecule has 27 heavy (non-hydrogen) atoms. The number of carbonyl (C=O) groups excluding carboxylic acids is 1. The summed E-state index contributed by atoms with van der Waals surface area (Å²) in [5.41, 5.74) is 10.9. The molecule has 0 radical (unpaired) electrons. The average molecular weight is 378 g/mol. The Morgan fingerprint density at radius 3 is 2.70 bits per heavy atom. The Balaban J connectivity index is 1.63. The number of aryl methyl sites for hydroxylation is 2. The molecule has 0 atom stereocenters. The van der Waals surface area contributed by atoms with Crippen LogP contribution in [-0.2, 0) is 13.0 Å². The van der Waals surface area contributed by atoms with E-state index in [-0.39, 0.29) is 5.91 Å². The molecule has 1 aliphatic rings. The van der Waals surface area contributed by atoms with Crippen LogP contribution in [-0.4, -0.2) is 17.4 Å². The molecule has 0 saturated heterocycles. The Hall–Kier alpha value is -2.50. The van der Waals surface area contributed by atoms with Gasteiger partial charge in [0.25, 0.3) is 5.91 Å². The number of amides is 1. The molecule has 1 aliphatic heterocycles. The van der Waals surface area contributed by atoms with E-state index in [9.17, 15) is 4.79 Å². The molecule has 1 aromatic heterocycles. The molecule has 2 N–H and O–H groups in total. The molecule has 2 aromatic carbocycles. The number of rotatable bonds is 3. The van der Waals surface area contributed by atoms with Crippen molar-refractivity contribution in [1.29, 1.82) is 0 Å². The summed E-state index contributed by atoms with van der Waals surface area (Å²) in [6.07, 6.45) is 3.04. The van der Waals surface area contributed by atoms with Crippen LogP contribution in [0, 0.1) is 6.92 Å². The minimum atomic E-state index is 0.0560. The molecule has 0 bridgehead atoms. The van der Waals surface area contributed by atoms with Crippen LogP contribution in [0.5, 0.6) is 0 Å². The predicted molar refractivity (Wildman–Crippen MR) is 111 cm³/mol. The molecular formula is C22H23N3OS. The summed E-state index contributed by atoms with van der Waals surface area (Å²) in [6, 6.07) is 16.0. The standard InChI is InChI=1S/C22H23N3OS/c1-15-24-20-8-4-5-13-25(22(20)27-15)21(26)17-11-9-16(10-12-17)19-7-3-2-6-18(19)14-23/h2-3,6-7,9-12H,4-5,8,13-14,23H2,1H3. The van der Waals surface area contributed by atoms with E-state index in [4.69, 9.17) is 5.73 Å². The fraction of sp³-hybridized carbons (Fsp3) is 0.273. The van der Waals surface area contributed by atoms with Crippen molar-refractivity contribution in [2.24, 2.45) is 5.73 Å². The van der Waals surface area contributed by atoms with Gasteiger partial charge in [-0.05, 0) is 55.0 Å². The van der Waals surface area contributed by atoms with Gasteiger partial charge in [-0.15, -0.1) is 11.3 Å². The molecule has 4 nitrogen and oxygen atoms in total. The maximum atomic E-state index is 13.2. The number of anilines is 1. The minimum Gasteiger partial charge on any atom is -0.326 e. The van der Waals surface area contributed by atoms with Crippen LogP contribution in [0.2, 0.25) is 0 Å². The van der Waals surface area contributed by atoms with Crippen LogP contribution in [0.1, 0.15) is 39.5 Å². The highest BCUT2D eigenvalue weighted by atomic mass is 32.1. The molecule has 0 fully saturated rings. The second-order valence-electron chi connectivity index (χ2n) is 6.84. The van der Waals surface area contributed by atoms with Crippen LogP contribution in [0.15, 0.2) is 48.5 Å². The van der Waals surface area contributed by atoms with Gasteiger partial charge in [0.1, 0.15) is 5.00 Å². The summed E-state index contributed by atoms with van der Waals surface area (Å²) in [6.45, 7) is 3.26. The van der Waals surface area contributed by atoms with Gasteiger partial charge in [-0.2, -0.15) is 0 Å². The first-order valence-electron chi connectivity index (χ1n) is 9.34. The lowest BCUT2D eigenvalue weighted by Gasteiger charge is -2.20.